The fourth-order valence-corrected chi connectivity index (χ4v) is 4.46. The van der Waals surface area contributed by atoms with Gasteiger partial charge in [-0.25, -0.2) is 13.4 Å². The number of sulfonamides is 1. The minimum atomic E-state index is -4.69. The molecule has 0 saturated carbocycles. The summed E-state index contributed by atoms with van der Waals surface area (Å²) >= 11 is 0. The Kier molecular flexibility index (Phi) is 7.71. The van der Waals surface area contributed by atoms with Crippen LogP contribution in [0.3, 0.4) is 0 Å². The molecule has 2 heterocycles. The largest absolute Gasteiger partial charge is 0.421 e. The molecular weight excluding hydrogens is 465 g/mol. The number of rotatable bonds is 8. The average Bonchev–Trinajstić information content (AvgIpc) is 2.77. The molecule has 1 saturated heterocycles. The fourth-order valence-electron chi connectivity index (χ4n) is 3.00. The van der Waals surface area contributed by atoms with Gasteiger partial charge in [0.15, 0.2) is 0 Å². The van der Waals surface area contributed by atoms with Gasteiger partial charge < -0.3 is 20.7 Å². The van der Waals surface area contributed by atoms with E-state index in [9.17, 15) is 26.4 Å². The van der Waals surface area contributed by atoms with Crippen molar-refractivity contribution in [2.24, 2.45) is 0 Å². The van der Waals surface area contributed by atoms with Crippen molar-refractivity contribution in [3.63, 3.8) is 0 Å². The van der Waals surface area contributed by atoms with Crippen molar-refractivity contribution >= 4 is 33.4 Å². The first-order valence-electron chi connectivity index (χ1n) is 9.95. The van der Waals surface area contributed by atoms with Crippen LogP contribution in [0.2, 0.25) is 0 Å². The van der Waals surface area contributed by atoms with Crippen LogP contribution < -0.4 is 16.0 Å². The summed E-state index contributed by atoms with van der Waals surface area (Å²) in [5.41, 5.74) is -0.784. The number of amides is 1. The molecule has 3 N–H and O–H groups in total. The Balaban J connectivity index is 1.80. The van der Waals surface area contributed by atoms with Gasteiger partial charge in [-0.1, -0.05) is 6.07 Å². The lowest BCUT2D eigenvalue weighted by Crippen LogP contribution is -2.40. The smallest absolute Gasteiger partial charge is 0.379 e. The van der Waals surface area contributed by atoms with Gasteiger partial charge in [0.25, 0.3) is 0 Å². The van der Waals surface area contributed by atoms with Crippen LogP contribution in [0.15, 0.2) is 35.4 Å². The number of morpholine rings is 1. The van der Waals surface area contributed by atoms with Crippen LogP contribution in [-0.2, 0) is 25.7 Å². The molecule has 0 aliphatic carbocycles. The number of carbonyl (C=O) groups excluding carboxylic acids is 1. The highest BCUT2D eigenvalue weighted by Gasteiger charge is 2.35. The van der Waals surface area contributed by atoms with Crippen molar-refractivity contribution in [1.82, 2.24) is 19.6 Å². The molecule has 33 heavy (non-hydrogen) atoms. The van der Waals surface area contributed by atoms with E-state index >= 15 is 0 Å². The number of nitrogens with one attached hydrogen (secondary N) is 3. The van der Waals surface area contributed by atoms with E-state index in [1.807, 2.05) is 0 Å². The van der Waals surface area contributed by atoms with Crippen molar-refractivity contribution in [3.05, 3.63) is 36.0 Å². The van der Waals surface area contributed by atoms with Crippen molar-refractivity contribution < 1.29 is 31.1 Å². The van der Waals surface area contributed by atoms with Gasteiger partial charge in [0, 0.05) is 45.0 Å². The highest BCUT2D eigenvalue weighted by Crippen LogP contribution is 2.34. The van der Waals surface area contributed by atoms with E-state index in [-0.39, 0.29) is 48.6 Å². The molecule has 0 bridgehead atoms. The molecule has 1 aliphatic rings. The lowest BCUT2D eigenvalue weighted by Gasteiger charge is -2.26. The van der Waals surface area contributed by atoms with Crippen LogP contribution in [0.1, 0.15) is 12.5 Å². The van der Waals surface area contributed by atoms with Crippen molar-refractivity contribution in [3.8, 4) is 0 Å². The van der Waals surface area contributed by atoms with E-state index in [0.29, 0.717) is 19.4 Å². The molecule has 10 nitrogen and oxygen atoms in total. The van der Waals surface area contributed by atoms with Crippen LogP contribution >= 0.6 is 0 Å². The first-order valence-corrected chi connectivity index (χ1v) is 11.4. The minimum absolute atomic E-state index is 0.00634. The summed E-state index contributed by atoms with van der Waals surface area (Å²) in [6, 6.07) is 5.84. The maximum atomic E-state index is 13.3. The standard InChI is InChI=1S/C19H23F3N6O4S/c1-13(29)23-5-6-24-17-16(19(20,21)22)12-25-18(27-17)26-14-3-2-4-15(11-14)33(30,31)28-7-9-32-10-8-28/h2-4,11-12H,5-10H2,1H3,(H,23,29)(H2,24,25,26,27). The summed E-state index contributed by atoms with van der Waals surface area (Å²) in [7, 11) is -3.76. The Morgan fingerprint density at radius 3 is 2.61 bits per heavy atom. The number of benzene rings is 1. The summed E-state index contributed by atoms with van der Waals surface area (Å²) in [6.07, 6.45) is -4.06. The number of hydrogen-bond donors (Lipinski definition) is 3. The third-order valence-electron chi connectivity index (χ3n) is 4.58. The van der Waals surface area contributed by atoms with Gasteiger partial charge in [0.2, 0.25) is 21.9 Å². The van der Waals surface area contributed by atoms with E-state index in [4.69, 9.17) is 4.74 Å². The summed E-state index contributed by atoms with van der Waals surface area (Å²) < 4.78 is 72.1. The van der Waals surface area contributed by atoms with Gasteiger partial charge in [-0.3, -0.25) is 4.79 Å². The van der Waals surface area contributed by atoms with Gasteiger partial charge in [-0.15, -0.1) is 0 Å². The molecule has 14 heteroatoms. The molecule has 3 rings (SSSR count). The van der Waals surface area contributed by atoms with Crippen molar-refractivity contribution in [2.75, 3.05) is 50.0 Å². The summed E-state index contributed by atoms with van der Waals surface area (Å²) in [4.78, 5) is 18.6. The maximum absolute atomic E-state index is 13.3. The first-order chi connectivity index (χ1) is 15.6. The van der Waals surface area contributed by atoms with E-state index < -0.39 is 27.6 Å². The van der Waals surface area contributed by atoms with Gasteiger partial charge in [0.1, 0.15) is 11.4 Å². The topological polar surface area (TPSA) is 126 Å². The Bertz CT molecular complexity index is 1090. The van der Waals surface area contributed by atoms with E-state index in [1.54, 1.807) is 6.07 Å². The van der Waals surface area contributed by atoms with Crippen LogP contribution in [0.4, 0.5) is 30.6 Å². The van der Waals surface area contributed by atoms with Gasteiger partial charge in [0.05, 0.1) is 18.1 Å². The normalized spacial score (nSPS) is 15.2. The van der Waals surface area contributed by atoms with Crippen molar-refractivity contribution in [1.29, 1.82) is 0 Å². The van der Waals surface area contributed by atoms with Crippen LogP contribution in [-0.4, -0.2) is 68.0 Å². The first kappa shape index (κ1) is 24.7. The molecule has 1 aromatic heterocycles. The molecule has 1 amide bonds. The maximum Gasteiger partial charge on any atom is 0.421 e. The zero-order valence-corrected chi connectivity index (χ0v) is 18.5. The number of halogens is 3. The zero-order chi connectivity index (χ0) is 24.1. The molecule has 2 aromatic rings. The fraction of sp³-hybridized carbons (Fsp3) is 0.421. The van der Waals surface area contributed by atoms with Gasteiger partial charge in [-0.05, 0) is 18.2 Å². The zero-order valence-electron chi connectivity index (χ0n) is 17.6. The predicted molar refractivity (Wildman–Crippen MR) is 114 cm³/mol. The lowest BCUT2D eigenvalue weighted by molar-refractivity contribution is -0.137. The molecule has 1 aromatic carbocycles. The Hall–Kier alpha value is -2.97. The lowest BCUT2D eigenvalue weighted by atomic mass is 10.3. The highest BCUT2D eigenvalue weighted by molar-refractivity contribution is 7.89. The van der Waals surface area contributed by atoms with Gasteiger partial charge in [-0.2, -0.15) is 22.5 Å². The van der Waals surface area contributed by atoms with E-state index in [2.05, 4.69) is 25.9 Å². The highest BCUT2D eigenvalue weighted by atomic mass is 32.2. The van der Waals surface area contributed by atoms with Crippen LogP contribution in [0, 0.1) is 0 Å². The average molecular weight is 488 g/mol. The second-order valence-electron chi connectivity index (χ2n) is 7.03. The molecule has 0 radical (unpaired) electrons. The predicted octanol–water partition coefficient (Wildman–Crippen LogP) is 1.81. The monoisotopic (exact) mass is 488 g/mol. The third kappa shape index (κ3) is 6.52. The Labute approximate surface area is 188 Å². The second kappa shape index (κ2) is 10.3. The molecular formula is C19H23F3N6O4S. The van der Waals surface area contributed by atoms with Crippen molar-refractivity contribution in [2.45, 2.75) is 18.0 Å². The summed E-state index contributed by atoms with van der Waals surface area (Å²) in [5.74, 6) is -0.946. The molecule has 0 atom stereocenters. The molecule has 1 aliphatic heterocycles. The number of anilines is 3. The number of ether oxygens (including phenoxy) is 1. The Morgan fingerprint density at radius 2 is 1.94 bits per heavy atom. The second-order valence-corrected chi connectivity index (χ2v) is 8.97. The number of aromatic nitrogens is 2. The quantitative estimate of drug-likeness (QED) is 0.481. The SMILES string of the molecule is CC(=O)NCCNc1nc(Nc2cccc(S(=O)(=O)N3CCOCC3)c2)ncc1C(F)(F)F. The Morgan fingerprint density at radius 1 is 1.21 bits per heavy atom. The number of alkyl halides is 3. The van der Waals surface area contributed by atoms with E-state index in [1.165, 1.54) is 29.4 Å². The van der Waals surface area contributed by atoms with Crippen LogP contribution in [0.25, 0.3) is 0 Å². The van der Waals surface area contributed by atoms with Crippen LogP contribution in [0.5, 0.6) is 0 Å². The molecule has 180 valence electrons. The molecule has 1 fully saturated rings. The van der Waals surface area contributed by atoms with E-state index in [0.717, 1.165) is 0 Å². The minimum Gasteiger partial charge on any atom is -0.379 e. The number of hydrogen-bond acceptors (Lipinski definition) is 8. The third-order valence-corrected chi connectivity index (χ3v) is 6.48. The number of carbonyl (C=O) groups is 1. The molecule has 0 unspecified atom stereocenters. The van der Waals surface area contributed by atoms with Gasteiger partial charge >= 0.3 is 6.18 Å². The summed E-state index contributed by atoms with van der Waals surface area (Å²) in [6.45, 7) is 2.46. The summed E-state index contributed by atoms with van der Waals surface area (Å²) in [5, 5.41) is 7.75. The number of nitrogens with zero attached hydrogens (tertiary/aromatic N) is 3. The molecule has 0 spiro atoms.